The molecule has 14 heavy (non-hydrogen) atoms. The average molecular weight is 239 g/mol. The molecule has 0 amide bonds. The number of methoxy groups -OCH3 is 1. The number of halogens is 2. The molecule has 1 aromatic carbocycles. The Hall–Kier alpha value is -0.480. The van der Waals surface area contributed by atoms with Crippen LogP contribution >= 0.6 is 24.8 Å². The van der Waals surface area contributed by atoms with Crippen LogP contribution in [0.2, 0.25) is 0 Å². The predicted molar refractivity (Wildman–Crippen MR) is 63.5 cm³/mol. The molecule has 0 aliphatic carbocycles. The molecule has 5 heteroatoms. The van der Waals surface area contributed by atoms with Crippen molar-refractivity contribution in [3.05, 3.63) is 29.8 Å². The van der Waals surface area contributed by atoms with Crippen molar-refractivity contribution in [2.24, 2.45) is 11.5 Å². The van der Waals surface area contributed by atoms with E-state index in [-0.39, 0.29) is 30.9 Å². The van der Waals surface area contributed by atoms with Crippen LogP contribution in [0.25, 0.3) is 0 Å². The second kappa shape index (κ2) is 7.88. The summed E-state index contributed by atoms with van der Waals surface area (Å²) in [6.45, 7) is 0.431. The molecule has 0 aliphatic rings. The van der Waals surface area contributed by atoms with Crippen molar-refractivity contribution in [1.29, 1.82) is 0 Å². The van der Waals surface area contributed by atoms with E-state index in [4.69, 9.17) is 16.2 Å². The van der Waals surface area contributed by atoms with Crippen LogP contribution in [0.1, 0.15) is 11.6 Å². The van der Waals surface area contributed by atoms with Gasteiger partial charge in [-0.15, -0.1) is 24.8 Å². The van der Waals surface area contributed by atoms with E-state index < -0.39 is 0 Å². The molecule has 0 aromatic heterocycles. The minimum absolute atomic E-state index is 0. The van der Waals surface area contributed by atoms with Gasteiger partial charge in [-0.25, -0.2) is 0 Å². The Morgan fingerprint density at radius 1 is 1.29 bits per heavy atom. The number of para-hydroxylation sites is 1. The van der Waals surface area contributed by atoms with Crippen molar-refractivity contribution < 1.29 is 4.74 Å². The standard InChI is InChI=1S/C9H14N2O.2ClH/c1-12-9-5-3-2-4-7(9)8(11)6-10;;/h2-5,8H,6,10-11H2,1H3;2*1H/t8-;;/m1../s1. The zero-order valence-electron chi connectivity index (χ0n) is 7.97. The molecule has 1 atom stereocenters. The van der Waals surface area contributed by atoms with Gasteiger partial charge in [-0.2, -0.15) is 0 Å². The Balaban J connectivity index is 0. The van der Waals surface area contributed by atoms with Gasteiger partial charge in [0.05, 0.1) is 7.11 Å². The van der Waals surface area contributed by atoms with Crippen molar-refractivity contribution in [3.8, 4) is 5.75 Å². The van der Waals surface area contributed by atoms with E-state index in [1.54, 1.807) is 7.11 Å². The molecule has 0 aliphatic heterocycles. The lowest BCUT2D eigenvalue weighted by Gasteiger charge is -2.12. The van der Waals surface area contributed by atoms with Crippen LogP contribution < -0.4 is 16.2 Å². The summed E-state index contributed by atoms with van der Waals surface area (Å²) >= 11 is 0. The quantitative estimate of drug-likeness (QED) is 0.840. The average Bonchev–Trinajstić information content (AvgIpc) is 2.16. The first kappa shape index (κ1) is 16.0. The second-order valence-corrected chi connectivity index (χ2v) is 2.58. The minimum atomic E-state index is -0.138. The third kappa shape index (κ3) is 3.72. The van der Waals surface area contributed by atoms with Gasteiger partial charge >= 0.3 is 0 Å². The maximum atomic E-state index is 5.77. The van der Waals surface area contributed by atoms with Crippen LogP contribution in [0.3, 0.4) is 0 Å². The van der Waals surface area contributed by atoms with E-state index in [1.165, 1.54) is 0 Å². The summed E-state index contributed by atoms with van der Waals surface area (Å²) in [4.78, 5) is 0. The maximum Gasteiger partial charge on any atom is 0.123 e. The Morgan fingerprint density at radius 2 is 1.86 bits per heavy atom. The molecule has 0 spiro atoms. The first-order valence-electron chi connectivity index (χ1n) is 3.88. The Bertz CT molecular complexity index is 258. The smallest absolute Gasteiger partial charge is 0.123 e. The number of nitrogens with two attached hydrogens (primary N) is 2. The highest BCUT2D eigenvalue weighted by atomic mass is 35.5. The molecule has 82 valence electrons. The number of hydrogen-bond acceptors (Lipinski definition) is 3. The highest BCUT2D eigenvalue weighted by molar-refractivity contribution is 5.85. The van der Waals surface area contributed by atoms with Crippen LogP contribution in [0, 0.1) is 0 Å². The molecule has 0 bridgehead atoms. The maximum absolute atomic E-state index is 5.77. The fourth-order valence-electron chi connectivity index (χ4n) is 1.10. The molecule has 1 aromatic rings. The van der Waals surface area contributed by atoms with Gasteiger partial charge in [0, 0.05) is 18.2 Å². The highest BCUT2D eigenvalue weighted by Crippen LogP contribution is 2.21. The summed E-state index contributed by atoms with van der Waals surface area (Å²) < 4.78 is 5.13. The summed E-state index contributed by atoms with van der Waals surface area (Å²) in [5.74, 6) is 0.801. The minimum Gasteiger partial charge on any atom is -0.496 e. The van der Waals surface area contributed by atoms with Gasteiger partial charge in [0.15, 0.2) is 0 Å². The Kier molecular flexibility index (Phi) is 8.99. The summed E-state index contributed by atoms with van der Waals surface area (Å²) in [5, 5.41) is 0. The molecule has 0 heterocycles. The van der Waals surface area contributed by atoms with Gasteiger partial charge in [0.25, 0.3) is 0 Å². The number of hydrogen-bond donors (Lipinski definition) is 2. The monoisotopic (exact) mass is 238 g/mol. The van der Waals surface area contributed by atoms with Crippen molar-refractivity contribution in [1.82, 2.24) is 0 Å². The molecule has 4 N–H and O–H groups in total. The second-order valence-electron chi connectivity index (χ2n) is 2.58. The molecule has 0 radical (unpaired) electrons. The molecular formula is C9H16Cl2N2O. The first-order chi connectivity index (χ1) is 5.79. The molecule has 0 saturated heterocycles. The zero-order valence-corrected chi connectivity index (χ0v) is 9.61. The Labute approximate surface area is 96.6 Å². The van der Waals surface area contributed by atoms with Crippen molar-refractivity contribution in [2.75, 3.05) is 13.7 Å². The van der Waals surface area contributed by atoms with Crippen molar-refractivity contribution >= 4 is 24.8 Å². The topological polar surface area (TPSA) is 61.3 Å². The number of ether oxygens (including phenoxy) is 1. The summed E-state index contributed by atoms with van der Waals surface area (Å²) in [6, 6.07) is 7.50. The SMILES string of the molecule is COc1ccccc1[C@H](N)CN.Cl.Cl. The zero-order chi connectivity index (χ0) is 8.97. The number of benzene rings is 1. The van der Waals surface area contributed by atoms with Crippen LogP contribution in [-0.2, 0) is 0 Å². The normalized spacial score (nSPS) is 10.8. The Morgan fingerprint density at radius 3 is 2.36 bits per heavy atom. The molecule has 1 rings (SSSR count). The van der Waals surface area contributed by atoms with Crippen molar-refractivity contribution in [2.45, 2.75) is 6.04 Å². The summed E-state index contributed by atoms with van der Waals surface area (Å²) in [7, 11) is 1.63. The first-order valence-corrected chi connectivity index (χ1v) is 3.88. The third-order valence-corrected chi connectivity index (χ3v) is 1.79. The van der Waals surface area contributed by atoms with Crippen molar-refractivity contribution in [3.63, 3.8) is 0 Å². The largest absolute Gasteiger partial charge is 0.496 e. The van der Waals surface area contributed by atoms with Crippen LogP contribution in [-0.4, -0.2) is 13.7 Å². The van der Waals surface area contributed by atoms with Gasteiger partial charge in [-0.3, -0.25) is 0 Å². The predicted octanol–water partition coefficient (Wildman–Crippen LogP) is 1.50. The molecular weight excluding hydrogens is 223 g/mol. The van der Waals surface area contributed by atoms with Gasteiger partial charge in [-0.05, 0) is 6.07 Å². The molecule has 0 fully saturated rings. The van der Waals surface area contributed by atoms with Crippen LogP contribution in [0.15, 0.2) is 24.3 Å². The third-order valence-electron chi connectivity index (χ3n) is 1.79. The van der Waals surface area contributed by atoms with Crippen LogP contribution in [0.5, 0.6) is 5.75 Å². The van der Waals surface area contributed by atoms with Crippen LogP contribution in [0.4, 0.5) is 0 Å². The molecule has 0 saturated carbocycles. The van der Waals surface area contributed by atoms with Gasteiger partial charge in [0.1, 0.15) is 5.75 Å². The number of rotatable bonds is 3. The lowest BCUT2D eigenvalue weighted by atomic mass is 10.1. The van der Waals surface area contributed by atoms with E-state index in [1.807, 2.05) is 24.3 Å². The molecule has 0 unspecified atom stereocenters. The fourth-order valence-corrected chi connectivity index (χ4v) is 1.10. The van der Waals surface area contributed by atoms with Gasteiger partial charge < -0.3 is 16.2 Å². The van der Waals surface area contributed by atoms with E-state index in [9.17, 15) is 0 Å². The molecule has 3 nitrogen and oxygen atoms in total. The lowest BCUT2D eigenvalue weighted by Crippen LogP contribution is -2.21. The van der Waals surface area contributed by atoms with E-state index >= 15 is 0 Å². The van der Waals surface area contributed by atoms with Gasteiger partial charge in [0.2, 0.25) is 0 Å². The van der Waals surface area contributed by atoms with E-state index in [0.29, 0.717) is 6.54 Å². The van der Waals surface area contributed by atoms with E-state index in [2.05, 4.69) is 0 Å². The highest BCUT2D eigenvalue weighted by Gasteiger charge is 2.08. The summed E-state index contributed by atoms with van der Waals surface area (Å²) in [5.41, 5.74) is 12.2. The lowest BCUT2D eigenvalue weighted by molar-refractivity contribution is 0.406. The summed E-state index contributed by atoms with van der Waals surface area (Å²) in [6.07, 6.45) is 0. The fraction of sp³-hybridized carbons (Fsp3) is 0.333. The van der Waals surface area contributed by atoms with Gasteiger partial charge in [-0.1, -0.05) is 18.2 Å². The van der Waals surface area contributed by atoms with E-state index in [0.717, 1.165) is 11.3 Å².